The van der Waals surface area contributed by atoms with Crippen molar-refractivity contribution in [1.29, 1.82) is 0 Å². The van der Waals surface area contributed by atoms with Crippen molar-refractivity contribution >= 4 is 34.4 Å². The molecule has 3 amide bonds. The molecule has 136 valence electrons. The van der Waals surface area contributed by atoms with Gasteiger partial charge in [-0.2, -0.15) is 0 Å². The molecule has 1 saturated carbocycles. The Bertz CT molecular complexity index is 882. The zero-order valence-corrected chi connectivity index (χ0v) is 14.4. The Morgan fingerprint density at radius 1 is 1.19 bits per heavy atom. The van der Waals surface area contributed by atoms with E-state index in [9.17, 15) is 14.4 Å². The van der Waals surface area contributed by atoms with Gasteiger partial charge in [0, 0.05) is 24.4 Å². The fraction of sp³-hybridized carbons (Fsp3) is 0.421. The SMILES string of the molecule is NC(=O)c1oc2ccccc2c1NC(=O)[C@H]1CC(=O)N(C2CCCC2)C1. The van der Waals surface area contributed by atoms with Crippen molar-refractivity contribution in [2.75, 3.05) is 11.9 Å². The number of hydrogen-bond acceptors (Lipinski definition) is 4. The summed E-state index contributed by atoms with van der Waals surface area (Å²) in [5, 5.41) is 3.39. The Kier molecular flexibility index (Phi) is 4.14. The first-order valence-electron chi connectivity index (χ1n) is 8.96. The van der Waals surface area contributed by atoms with E-state index in [0.717, 1.165) is 25.7 Å². The van der Waals surface area contributed by atoms with Crippen LogP contribution in [0.3, 0.4) is 0 Å². The number of nitrogens with one attached hydrogen (secondary N) is 1. The highest BCUT2D eigenvalue weighted by atomic mass is 16.3. The Balaban J connectivity index is 1.55. The van der Waals surface area contributed by atoms with E-state index in [4.69, 9.17) is 10.2 Å². The first-order valence-corrected chi connectivity index (χ1v) is 8.96. The quantitative estimate of drug-likeness (QED) is 0.877. The number of rotatable bonds is 4. The first kappa shape index (κ1) is 16.6. The van der Waals surface area contributed by atoms with Gasteiger partial charge in [0.25, 0.3) is 5.91 Å². The second-order valence-electron chi connectivity index (χ2n) is 7.04. The molecule has 7 nitrogen and oxygen atoms in total. The Morgan fingerprint density at radius 3 is 2.65 bits per heavy atom. The Hall–Kier alpha value is -2.83. The van der Waals surface area contributed by atoms with E-state index in [1.807, 2.05) is 4.90 Å². The fourth-order valence-electron chi connectivity index (χ4n) is 4.04. The smallest absolute Gasteiger partial charge is 0.286 e. The minimum absolute atomic E-state index is 0.0317. The number of furan rings is 1. The molecule has 26 heavy (non-hydrogen) atoms. The molecule has 1 saturated heterocycles. The molecule has 1 aliphatic heterocycles. The van der Waals surface area contributed by atoms with Gasteiger partial charge in [-0.15, -0.1) is 0 Å². The van der Waals surface area contributed by atoms with Gasteiger partial charge in [0.15, 0.2) is 0 Å². The fourth-order valence-corrected chi connectivity index (χ4v) is 4.04. The van der Waals surface area contributed by atoms with E-state index in [2.05, 4.69) is 5.32 Å². The lowest BCUT2D eigenvalue weighted by molar-refractivity contribution is -0.129. The molecule has 0 unspecified atom stereocenters. The van der Waals surface area contributed by atoms with Crippen molar-refractivity contribution in [3.05, 3.63) is 30.0 Å². The molecule has 1 aromatic carbocycles. The highest BCUT2D eigenvalue weighted by Crippen LogP contribution is 2.33. The number of benzene rings is 1. The van der Waals surface area contributed by atoms with Gasteiger partial charge in [0.05, 0.1) is 5.92 Å². The zero-order chi connectivity index (χ0) is 18.3. The topological polar surface area (TPSA) is 106 Å². The van der Waals surface area contributed by atoms with Crippen LogP contribution in [0.4, 0.5) is 5.69 Å². The number of carbonyl (C=O) groups is 3. The van der Waals surface area contributed by atoms with E-state index >= 15 is 0 Å². The monoisotopic (exact) mass is 355 g/mol. The maximum absolute atomic E-state index is 12.8. The normalized spacial score (nSPS) is 20.8. The summed E-state index contributed by atoms with van der Waals surface area (Å²) < 4.78 is 5.48. The maximum atomic E-state index is 12.8. The van der Waals surface area contributed by atoms with Crippen LogP contribution in [0.1, 0.15) is 42.7 Å². The summed E-state index contributed by atoms with van der Waals surface area (Å²) in [4.78, 5) is 38.6. The van der Waals surface area contributed by atoms with Gasteiger partial charge >= 0.3 is 0 Å². The molecule has 1 atom stereocenters. The highest BCUT2D eigenvalue weighted by Gasteiger charge is 2.39. The minimum atomic E-state index is -0.744. The average Bonchev–Trinajstić information content (AvgIpc) is 3.33. The third kappa shape index (κ3) is 2.83. The molecule has 0 radical (unpaired) electrons. The molecule has 4 rings (SSSR count). The van der Waals surface area contributed by atoms with Gasteiger partial charge in [-0.1, -0.05) is 25.0 Å². The lowest BCUT2D eigenvalue weighted by atomic mass is 10.1. The second-order valence-corrected chi connectivity index (χ2v) is 7.04. The van der Waals surface area contributed by atoms with Gasteiger partial charge in [0.2, 0.25) is 17.6 Å². The maximum Gasteiger partial charge on any atom is 0.286 e. The molecular formula is C19H21N3O4. The number of fused-ring (bicyclic) bond motifs is 1. The predicted octanol–water partition coefficient (Wildman–Crippen LogP) is 2.26. The summed E-state index contributed by atoms with van der Waals surface area (Å²) >= 11 is 0. The number of primary amides is 1. The second kappa shape index (κ2) is 6.48. The number of likely N-dealkylation sites (tertiary alicyclic amines) is 1. The molecule has 3 N–H and O–H groups in total. The third-order valence-electron chi connectivity index (χ3n) is 5.36. The summed E-state index contributed by atoms with van der Waals surface area (Å²) in [5.74, 6) is -1.50. The van der Waals surface area contributed by atoms with Gasteiger partial charge in [-0.05, 0) is 25.0 Å². The molecule has 2 fully saturated rings. The number of nitrogens with two attached hydrogens (primary N) is 1. The van der Waals surface area contributed by atoms with Crippen LogP contribution >= 0.6 is 0 Å². The van der Waals surface area contributed by atoms with E-state index in [0.29, 0.717) is 17.5 Å². The highest BCUT2D eigenvalue weighted by molar-refractivity contribution is 6.11. The van der Waals surface area contributed by atoms with Crippen LogP contribution < -0.4 is 11.1 Å². The van der Waals surface area contributed by atoms with Crippen molar-refractivity contribution in [2.45, 2.75) is 38.1 Å². The van der Waals surface area contributed by atoms with Gasteiger partial charge in [-0.3, -0.25) is 14.4 Å². The molecule has 1 aliphatic carbocycles. The number of para-hydroxylation sites is 1. The summed E-state index contributed by atoms with van der Waals surface area (Å²) in [5.41, 5.74) is 6.15. The lowest BCUT2D eigenvalue weighted by Gasteiger charge is -2.23. The van der Waals surface area contributed by atoms with Crippen molar-refractivity contribution in [2.24, 2.45) is 11.7 Å². The summed E-state index contributed by atoms with van der Waals surface area (Å²) in [6.45, 7) is 0.428. The molecule has 2 heterocycles. The molecule has 7 heteroatoms. The van der Waals surface area contributed by atoms with Crippen LogP contribution in [-0.4, -0.2) is 35.2 Å². The number of carbonyl (C=O) groups excluding carboxylic acids is 3. The predicted molar refractivity (Wildman–Crippen MR) is 95.4 cm³/mol. The average molecular weight is 355 g/mol. The van der Waals surface area contributed by atoms with E-state index in [1.165, 1.54) is 0 Å². The van der Waals surface area contributed by atoms with Gasteiger partial charge in [-0.25, -0.2) is 0 Å². The molecule has 2 aromatic rings. The van der Waals surface area contributed by atoms with Crippen LogP contribution in [0.25, 0.3) is 11.0 Å². The number of amides is 3. The van der Waals surface area contributed by atoms with Crippen molar-refractivity contribution in [3.63, 3.8) is 0 Å². The van der Waals surface area contributed by atoms with Crippen LogP contribution in [0, 0.1) is 5.92 Å². The Labute approximate surface area is 150 Å². The summed E-state index contributed by atoms with van der Waals surface area (Å²) in [7, 11) is 0. The van der Waals surface area contributed by atoms with E-state index in [1.54, 1.807) is 24.3 Å². The van der Waals surface area contributed by atoms with Crippen molar-refractivity contribution < 1.29 is 18.8 Å². The minimum Gasteiger partial charge on any atom is -0.449 e. The lowest BCUT2D eigenvalue weighted by Crippen LogP contribution is -2.35. The molecule has 1 aromatic heterocycles. The van der Waals surface area contributed by atoms with Crippen LogP contribution in [0.5, 0.6) is 0 Å². The standard InChI is InChI=1S/C19H21N3O4/c20-18(24)17-16(13-7-3-4-8-14(13)26-17)21-19(25)11-9-15(23)22(10-11)12-5-1-2-6-12/h3-4,7-8,11-12H,1-2,5-6,9-10H2,(H2,20,24)(H,21,25)/t11-/m0/s1. The zero-order valence-electron chi connectivity index (χ0n) is 14.4. The largest absolute Gasteiger partial charge is 0.449 e. The molecule has 0 bridgehead atoms. The number of hydrogen-bond donors (Lipinski definition) is 2. The first-order chi connectivity index (χ1) is 12.5. The van der Waals surface area contributed by atoms with Crippen molar-refractivity contribution in [3.8, 4) is 0 Å². The van der Waals surface area contributed by atoms with Crippen LogP contribution in [-0.2, 0) is 9.59 Å². The third-order valence-corrected chi connectivity index (χ3v) is 5.36. The van der Waals surface area contributed by atoms with Crippen molar-refractivity contribution in [1.82, 2.24) is 4.90 Å². The molecule has 2 aliphatic rings. The van der Waals surface area contributed by atoms with Crippen LogP contribution in [0.2, 0.25) is 0 Å². The van der Waals surface area contributed by atoms with Crippen LogP contribution in [0.15, 0.2) is 28.7 Å². The van der Waals surface area contributed by atoms with Gasteiger partial charge < -0.3 is 20.4 Å². The summed E-state index contributed by atoms with van der Waals surface area (Å²) in [6.07, 6.45) is 4.49. The van der Waals surface area contributed by atoms with E-state index in [-0.39, 0.29) is 35.7 Å². The van der Waals surface area contributed by atoms with Gasteiger partial charge in [0.1, 0.15) is 11.3 Å². The Morgan fingerprint density at radius 2 is 1.92 bits per heavy atom. The van der Waals surface area contributed by atoms with E-state index < -0.39 is 11.8 Å². The number of anilines is 1. The molecular weight excluding hydrogens is 334 g/mol. The number of nitrogens with zero attached hydrogens (tertiary/aromatic N) is 1. The molecule has 0 spiro atoms. The summed E-state index contributed by atoms with van der Waals surface area (Å²) in [6, 6.07) is 7.29.